The van der Waals surface area contributed by atoms with Crippen LogP contribution >= 0.6 is 11.8 Å². The molecule has 2 heterocycles. The highest BCUT2D eigenvalue weighted by Gasteiger charge is 2.24. The number of ketones is 1. The maximum Gasteiger partial charge on any atom is 0.178 e. The molecule has 0 aliphatic carbocycles. The smallest absolute Gasteiger partial charge is 0.178 e. The predicted octanol–water partition coefficient (Wildman–Crippen LogP) is 2.43. The Hall–Kier alpha value is -0.740. The fourth-order valence-corrected chi connectivity index (χ4v) is 3.32. The summed E-state index contributed by atoms with van der Waals surface area (Å²) in [5, 5.41) is 0. The van der Waals surface area contributed by atoms with Crippen molar-refractivity contribution in [2.45, 2.75) is 25.0 Å². The summed E-state index contributed by atoms with van der Waals surface area (Å²) in [6.07, 6.45) is 4.98. The Labute approximate surface area is 114 Å². The number of nitrogens with zero attached hydrogens (tertiary/aromatic N) is 2. The van der Waals surface area contributed by atoms with Gasteiger partial charge in [-0.1, -0.05) is 13.8 Å². The van der Waals surface area contributed by atoms with Gasteiger partial charge in [0, 0.05) is 42.0 Å². The highest BCUT2D eigenvalue weighted by Crippen LogP contribution is 2.30. The molecule has 1 fully saturated rings. The zero-order valence-electron chi connectivity index (χ0n) is 11.5. The molecule has 0 saturated carbocycles. The lowest BCUT2D eigenvalue weighted by molar-refractivity contribution is 0.0934. The van der Waals surface area contributed by atoms with E-state index >= 15 is 0 Å². The maximum absolute atomic E-state index is 12.1. The van der Waals surface area contributed by atoms with Gasteiger partial charge in [0.1, 0.15) is 0 Å². The van der Waals surface area contributed by atoms with E-state index < -0.39 is 0 Å². The average molecular weight is 266 g/mol. The van der Waals surface area contributed by atoms with Gasteiger partial charge in [-0.25, -0.2) is 0 Å². The minimum atomic E-state index is 0.236. The van der Waals surface area contributed by atoms with Crippen LogP contribution in [0.1, 0.15) is 30.6 Å². The van der Waals surface area contributed by atoms with Crippen LogP contribution in [0.25, 0.3) is 0 Å². The molecular weight excluding hydrogens is 244 g/mol. The first kappa shape index (κ1) is 13.7. The third kappa shape index (κ3) is 3.62. The van der Waals surface area contributed by atoms with Gasteiger partial charge in [-0.05, 0) is 19.0 Å². The van der Waals surface area contributed by atoms with Crippen LogP contribution in [0.2, 0.25) is 0 Å². The molecule has 1 aliphatic rings. The van der Waals surface area contributed by atoms with E-state index in [1.165, 1.54) is 0 Å². The first-order valence-corrected chi connectivity index (χ1v) is 7.46. The SMILES string of the molecule is Cn1ccc(C(=O)CN2CCSC(C)(C)CC2)c1. The van der Waals surface area contributed by atoms with Gasteiger partial charge in [0.15, 0.2) is 5.78 Å². The highest BCUT2D eigenvalue weighted by atomic mass is 32.2. The summed E-state index contributed by atoms with van der Waals surface area (Å²) >= 11 is 2.01. The fraction of sp³-hybridized carbons (Fsp3) is 0.643. The Kier molecular flexibility index (Phi) is 4.17. The van der Waals surface area contributed by atoms with E-state index in [2.05, 4.69) is 18.7 Å². The first-order chi connectivity index (χ1) is 8.46. The van der Waals surface area contributed by atoms with E-state index in [0.29, 0.717) is 11.3 Å². The normalized spacial score (nSPS) is 20.6. The largest absolute Gasteiger partial charge is 0.357 e. The number of Topliss-reactive ketones (excluding diaryl/α,β-unsaturated/α-hetero) is 1. The molecule has 0 aromatic carbocycles. The quantitative estimate of drug-likeness (QED) is 0.786. The number of hydrogen-bond acceptors (Lipinski definition) is 3. The van der Waals surface area contributed by atoms with Gasteiger partial charge in [-0.2, -0.15) is 11.8 Å². The number of aromatic nitrogens is 1. The van der Waals surface area contributed by atoms with Gasteiger partial charge >= 0.3 is 0 Å². The summed E-state index contributed by atoms with van der Waals surface area (Å²) in [6.45, 7) is 7.19. The van der Waals surface area contributed by atoms with Crippen molar-refractivity contribution in [3.63, 3.8) is 0 Å². The van der Waals surface area contributed by atoms with E-state index in [4.69, 9.17) is 0 Å². The average Bonchev–Trinajstić information content (AvgIpc) is 2.65. The van der Waals surface area contributed by atoms with Crippen LogP contribution in [0, 0.1) is 0 Å². The molecule has 3 nitrogen and oxygen atoms in total. The summed E-state index contributed by atoms with van der Waals surface area (Å²) in [5.41, 5.74) is 0.827. The van der Waals surface area contributed by atoms with Gasteiger partial charge in [0.25, 0.3) is 0 Å². The van der Waals surface area contributed by atoms with Crippen molar-refractivity contribution in [3.8, 4) is 0 Å². The van der Waals surface area contributed by atoms with Crippen molar-refractivity contribution in [2.75, 3.05) is 25.4 Å². The number of hydrogen-bond donors (Lipinski definition) is 0. The lowest BCUT2D eigenvalue weighted by atomic mass is 10.1. The maximum atomic E-state index is 12.1. The van der Waals surface area contributed by atoms with Crippen molar-refractivity contribution >= 4 is 17.5 Å². The fourth-order valence-electron chi connectivity index (χ4n) is 2.18. The molecule has 100 valence electrons. The number of thioether (sulfide) groups is 1. The van der Waals surface area contributed by atoms with Gasteiger partial charge in [-0.3, -0.25) is 9.69 Å². The molecule has 0 spiro atoms. The van der Waals surface area contributed by atoms with Crippen molar-refractivity contribution in [2.24, 2.45) is 7.05 Å². The van der Waals surface area contributed by atoms with Crippen LogP contribution in [0.4, 0.5) is 0 Å². The number of carbonyl (C=O) groups is 1. The van der Waals surface area contributed by atoms with Crippen LogP contribution in [0.5, 0.6) is 0 Å². The second-order valence-electron chi connectivity index (χ2n) is 5.62. The number of carbonyl (C=O) groups excluding carboxylic acids is 1. The van der Waals surface area contributed by atoms with Gasteiger partial charge < -0.3 is 4.57 Å². The zero-order chi connectivity index (χ0) is 13.2. The molecule has 1 aromatic rings. The molecule has 0 atom stereocenters. The monoisotopic (exact) mass is 266 g/mol. The Morgan fingerprint density at radius 2 is 2.22 bits per heavy atom. The molecule has 0 bridgehead atoms. The summed E-state index contributed by atoms with van der Waals surface area (Å²) in [7, 11) is 1.95. The molecule has 1 saturated heterocycles. The van der Waals surface area contributed by atoms with Crippen LogP contribution in [0.3, 0.4) is 0 Å². The summed E-state index contributed by atoms with van der Waals surface area (Å²) in [6, 6.07) is 1.90. The molecule has 4 heteroatoms. The second kappa shape index (κ2) is 5.49. The minimum Gasteiger partial charge on any atom is -0.357 e. The van der Waals surface area contributed by atoms with Crippen LogP contribution in [0.15, 0.2) is 18.5 Å². The van der Waals surface area contributed by atoms with Crippen molar-refractivity contribution < 1.29 is 4.79 Å². The standard InChI is InChI=1S/C14H22N2OS/c1-14(2)5-7-16(8-9-18-14)11-13(17)12-4-6-15(3)10-12/h4,6,10H,5,7-9,11H2,1-3H3. The predicted molar refractivity (Wildman–Crippen MR) is 77.3 cm³/mol. The lowest BCUT2D eigenvalue weighted by Crippen LogP contribution is -2.32. The van der Waals surface area contributed by atoms with E-state index in [1.54, 1.807) is 0 Å². The first-order valence-electron chi connectivity index (χ1n) is 6.48. The van der Waals surface area contributed by atoms with Gasteiger partial charge in [-0.15, -0.1) is 0 Å². The number of rotatable bonds is 3. The summed E-state index contributed by atoms with van der Waals surface area (Å²) in [5.74, 6) is 1.36. The van der Waals surface area contributed by atoms with Gasteiger partial charge in [0.05, 0.1) is 6.54 Å². The van der Waals surface area contributed by atoms with E-state index in [9.17, 15) is 4.79 Å². The summed E-state index contributed by atoms with van der Waals surface area (Å²) < 4.78 is 2.28. The van der Waals surface area contributed by atoms with Crippen LogP contribution < -0.4 is 0 Å². The van der Waals surface area contributed by atoms with E-state index in [-0.39, 0.29) is 5.78 Å². The number of aryl methyl sites for hydroxylation is 1. The molecule has 0 radical (unpaired) electrons. The second-order valence-corrected chi connectivity index (χ2v) is 7.43. The third-order valence-electron chi connectivity index (χ3n) is 3.45. The zero-order valence-corrected chi connectivity index (χ0v) is 12.3. The van der Waals surface area contributed by atoms with Crippen LogP contribution in [-0.2, 0) is 7.05 Å². The van der Waals surface area contributed by atoms with Crippen molar-refractivity contribution in [3.05, 3.63) is 24.0 Å². The minimum absolute atomic E-state index is 0.236. The van der Waals surface area contributed by atoms with Crippen LogP contribution in [-0.4, -0.2) is 45.4 Å². The topological polar surface area (TPSA) is 25.2 Å². The third-order valence-corrected chi connectivity index (χ3v) is 4.82. The molecular formula is C14H22N2OS. The Bertz CT molecular complexity index is 425. The van der Waals surface area contributed by atoms with Gasteiger partial charge in [0.2, 0.25) is 0 Å². The molecule has 1 aliphatic heterocycles. The van der Waals surface area contributed by atoms with E-state index in [1.807, 2.05) is 41.8 Å². The van der Waals surface area contributed by atoms with Crippen molar-refractivity contribution in [1.29, 1.82) is 0 Å². The molecule has 0 amide bonds. The molecule has 18 heavy (non-hydrogen) atoms. The molecule has 0 N–H and O–H groups in total. The Morgan fingerprint density at radius 3 is 2.89 bits per heavy atom. The lowest BCUT2D eigenvalue weighted by Gasteiger charge is -2.22. The Morgan fingerprint density at radius 1 is 1.44 bits per heavy atom. The highest BCUT2D eigenvalue weighted by molar-refractivity contribution is 8.00. The summed E-state index contributed by atoms with van der Waals surface area (Å²) in [4.78, 5) is 14.4. The Balaban J connectivity index is 1.91. The van der Waals surface area contributed by atoms with Crippen molar-refractivity contribution in [1.82, 2.24) is 9.47 Å². The van der Waals surface area contributed by atoms with E-state index in [0.717, 1.165) is 30.8 Å². The molecule has 0 unspecified atom stereocenters. The molecule has 1 aromatic heterocycles. The molecule has 2 rings (SSSR count).